The van der Waals surface area contributed by atoms with E-state index in [0.29, 0.717) is 33.5 Å². The number of hydrogen-bond acceptors (Lipinski definition) is 4. The average Bonchev–Trinajstić information content (AvgIpc) is 3.05. The molecule has 6 heteroatoms. The second kappa shape index (κ2) is 7.98. The lowest BCUT2D eigenvalue weighted by Gasteiger charge is -2.18. The molecule has 33 heavy (non-hydrogen) atoms. The van der Waals surface area contributed by atoms with Crippen molar-refractivity contribution in [3.8, 4) is 11.4 Å². The van der Waals surface area contributed by atoms with Crippen molar-refractivity contribution in [1.82, 2.24) is 9.36 Å². The molecule has 2 aromatic heterocycles. The van der Waals surface area contributed by atoms with E-state index in [1.807, 2.05) is 67.6 Å². The standard InChI is InChI=1S/C27H22N2O4/c1-17-22(26(31)29(28(17)2)19-13-7-4-8-14-19)23(18-11-5-3-6-12-18)24-25(30)20-15-9-10-16-21(20)33-27(24)32/h3-16,23,30H,1-2H3. The minimum Gasteiger partial charge on any atom is -0.507 e. The summed E-state index contributed by atoms with van der Waals surface area (Å²) in [6, 6.07) is 25.4. The highest BCUT2D eigenvalue weighted by Crippen LogP contribution is 2.38. The van der Waals surface area contributed by atoms with E-state index in [1.54, 1.807) is 40.7 Å². The van der Waals surface area contributed by atoms with Crippen molar-refractivity contribution in [2.45, 2.75) is 12.8 Å². The molecule has 0 fully saturated rings. The lowest BCUT2D eigenvalue weighted by molar-refractivity contribution is 0.455. The topological polar surface area (TPSA) is 77.4 Å². The Morgan fingerprint density at radius 2 is 1.42 bits per heavy atom. The van der Waals surface area contributed by atoms with E-state index >= 15 is 0 Å². The van der Waals surface area contributed by atoms with Crippen molar-refractivity contribution in [3.63, 3.8) is 0 Å². The molecule has 5 rings (SSSR count). The Morgan fingerprint density at radius 3 is 2.12 bits per heavy atom. The number of fused-ring (bicyclic) bond motifs is 1. The van der Waals surface area contributed by atoms with Crippen LogP contribution in [-0.2, 0) is 7.05 Å². The first-order valence-electron chi connectivity index (χ1n) is 10.6. The van der Waals surface area contributed by atoms with Gasteiger partial charge >= 0.3 is 5.63 Å². The maximum absolute atomic E-state index is 13.8. The van der Waals surface area contributed by atoms with Crippen LogP contribution in [0.5, 0.6) is 5.75 Å². The first-order valence-corrected chi connectivity index (χ1v) is 10.6. The Morgan fingerprint density at radius 1 is 0.818 bits per heavy atom. The molecule has 6 nitrogen and oxygen atoms in total. The third kappa shape index (κ3) is 3.27. The molecular weight excluding hydrogens is 416 g/mol. The van der Waals surface area contributed by atoms with Crippen LogP contribution < -0.4 is 11.2 Å². The fourth-order valence-electron chi connectivity index (χ4n) is 4.45. The van der Waals surface area contributed by atoms with E-state index in [1.165, 1.54) is 0 Å². The Balaban J connectivity index is 1.87. The Hall–Kier alpha value is -4.32. The van der Waals surface area contributed by atoms with Crippen LogP contribution in [-0.4, -0.2) is 14.5 Å². The van der Waals surface area contributed by atoms with E-state index in [0.717, 1.165) is 0 Å². The molecule has 1 N–H and O–H groups in total. The number of aromatic nitrogens is 2. The number of benzene rings is 3. The van der Waals surface area contributed by atoms with Gasteiger partial charge in [-0.25, -0.2) is 9.48 Å². The van der Waals surface area contributed by atoms with E-state index < -0.39 is 11.5 Å². The molecule has 0 saturated carbocycles. The first-order chi connectivity index (χ1) is 16.0. The minimum atomic E-state index is -0.810. The zero-order valence-electron chi connectivity index (χ0n) is 18.2. The summed E-state index contributed by atoms with van der Waals surface area (Å²) in [7, 11) is 1.80. The van der Waals surface area contributed by atoms with Crippen LogP contribution in [0.1, 0.15) is 28.3 Å². The van der Waals surface area contributed by atoms with Crippen LogP contribution >= 0.6 is 0 Å². The van der Waals surface area contributed by atoms with E-state index in [2.05, 4.69) is 0 Å². The third-order valence-corrected chi connectivity index (χ3v) is 6.13. The van der Waals surface area contributed by atoms with Gasteiger partial charge in [0.25, 0.3) is 5.56 Å². The lowest BCUT2D eigenvalue weighted by atomic mass is 9.85. The van der Waals surface area contributed by atoms with Gasteiger partial charge in [-0.15, -0.1) is 0 Å². The van der Waals surface area contributed by atoms with Crippen molar-refractivity contribution in [2.24, 2.45) is 7.05 Å². The molecule has 0 spiro atoms. The van der Waals surface area contributed by atoms with Gasteiger partial charge in [0.15, 0.2) is 0 Å². The molecule has 1 unspecified atom stereocenters. The van der Waals surface area contributed by atoms with E-state index in [9.17, 15) is 14.7 Å². The van der Waals surface area contributed by atoms with Crippen LogP contribution in [0.4, 0.5) is 0 Å². The summed E-state index contributed by atoms with van der Waals surface area (Å²) in [5, 5.41) is 11.6. The van der Waals surface area contributed by atoms with Gasteiger partial charge in [0.05, 0.1) is 28.1 Å². The monoisotopic (exact) mass is 438 g/mol. The Kier molecular flexibility index (Phi) is 4.98. The van der Waals surface area contributed by atoms with Gasteiger partial charge in [-0.2, -0.15) is 0 Å². The third-order valence-electron chi connectivity index (χ3n) is 6.13. The van der Waals surface area contributed by atoms with Gasteiger partial charge in [-0.3, -0.25) is 9.48 Å². The highest BCUT2D eigenvalue weighted by molar-refractivity contribution is 5.84. The zero-order valence-corrected chi connectivity index (χ0v) is 18.2. The van der Waals surface area contributed by atoms with Crippen LogP contribution in [0.3, 0.4) is 0 Å². The molecule has 5 aromatic rings. The predicted octanol–water partition coefficient (Wildman–Crippen LogP) is 4.48. The molecule has 164 valence electrons. The Labute approximate surface area is 189 Å². The average molecular weight is 438 g/mol. The van der Waals surface area contributed by atoms with Gasteiger partial charge in [0, 0.05) is 12.7 Å². The van der Waals surface area contributed by atoms with Crippen molar-refractivity contribution in [2.75, 3.05) is 0 Å². The minimum absolute atomic E-state index is 0.0471. The van der Waals surface area contributed by atoms with Crippen LogP contribution in [0.2, 0.25) is 0 Å². The molecule has 0 amide bonds. The second-order valence-electron chi connectivity index (χ2n) is 7.97. The molecule has 1 atom stereocenters. The summed E-state index contributed by atoms with van der Waals surface area (Å²) in [6.45, 7) is 1.84. The fraction of sp³-hybridized carbons (Fsp3) is 0.111. The molecule has 0 aliphatic rings. The number of para-hydroxylation sites is 2. The number of aromatic hydroxyl groups is 1. The summed E-state index contributed by atoms with van der Waals surface area (Å²) in [4.78, 5) is 27.0. The van der Waals surface area contributed by atoms with Gasteiger partial charge in [-0.05, 0) is 36.8 Å². The van der Waals surface area contributed by atoms with Crippen molar-refractivity contribution in [3.05, 3.63) is 128 Å². The lowest BCUT2D eigenvalue weighted by Crippen LogP contribution is -2.24. The maximum Gasteiger partial charge on any atom is 0.344 e. The quantitative estimate of drug-likeness (QED) is 0.420. The van der Waals surface area contributed by atoms with Gasteiger partial charge in [-0.1, -0.05) is 60.7 Å². The fourth-order valence-corrected chi connectivity index (χ4v) is 4.45. The molecule has 3 aromatic carbocycles. The maximum atomic E-state index is 13.8. The Bertz CT molecular complexity index is 1580. The molecule has 0 aliphatic heterocycles. The highest BCUT2D eigenvalue weighted by Gasteiger charge is 2.32. The van der Waals surface area contributed by atoms with Gasteiger partial charge in [0.1, 0.15) is 11.3 Å². The predicted molar refractivity (Wildman–Crippen MR) is 127 cm³/mol. The number of nitrogens with zero attached hydrogens (tertiary/aromatic N) is 2. The molecule has 0 saturated heterocycles. The molecule has 0 bridgehead atoms. The molecule has 0 aliphatic carbocycles. The SMILES string of the molecule is Cc1c(C(c2ccccc2)c2c(O)c3ccccc3oc2=O)c(=O)n(-c2ccccc2)n1C. The summed E-state index contributed by atoms with van der Waals surface area (Å²) < 4.78 is 8.90. The summed E-state index contributed by atoms with van der Waals surface area (Å²) in [5.74, 6) is -0.986. The number of rotatable bonds is 4. The molecule has 0 radical (unpaired) electrons. The summed E-state index contributed by atoms with van der Waals surface area (Å²) in [5.41, 5.74) is 1.92. The largest absolute Gasteiger partial charge is 0.507 e. The summed E-state index contributed by atoms with van der Waals surface area (Å²) in [6.07, 6.45) is 0. The zero-order chi connectivity index (χ0) is 23.1. The molecule has 2 heterocycles. The van der Waals surface area contributed by atoms with Gasteiger partial charge in [0.2, 0.25) is 0 Å². The normalized spacial score (nSPS) is 12.2. The van der Waals surface area contributed by atoms with Crippen LogP contribution in [0, 0.1) is 6.92 Å². The van der Waals surface area contributed by atoms with Crippen LogP contribution in [0.25, 0.3) is 16.7 Å². The molecular formula is C27H22N2O4. The number of hydrogen-bond donors (Lipinski definition) is 1. The first kappa shape index (κ1) is 20.6. The van der Waals surface area contributed by atoms with Crippen molar-refractivity contribution in [1.29, 1.82) is 0 Å². The second-order valence-corrected chi connectivity index (χ2v) is 7.97. The van der Waals surface area contributed by atoms with Crippen molar-refractivity contribution >= 4 is 11.0 Å². The van der Waals surface area contributed by atoms with Crippen LogP contribution in [0.15, 0.2) is 98.9 Å². The smallest absolute Gasteiger partial charge is 0.344 e. The van der Waals surface area contributed by atoms with Gasteiger partial charge < -0.3 is 9.52 Å². The van der Waals surface area contributed by atoms with E-state index in [4.69, 9.17) is 4.42 Å². The van der Waals surface area contributed by atoms with Crippen molar-refractivity contribution < 1.29 is 9.52 Å². The van der Waals surface area contributed by atoms with E-state index in [-0.39, 0.29) is 16.9 Å². The highest BCUT2D eigenvalue weighted by atomic mass is 16.4. The summed E-state index contributed by atoms with van der Waals surface area (Å²) >= 11 is 0.